The predicted octanol–water partition coefficient (Wildman–Crippen LogP) is 2.98. The number of aromatic carboxylic acids is 1. The second-order valence-electron chi connectivity index (χ2n) is 8.78. The van der Waals surface area contributed by atoms with Gasteiger partial charge in [0.25, 0.3) is 0 Å². The Labute approximate surface area is 186 Å². The van der Waals surface area contributed by atoms with E-state index < -0.39 is 17.4 Å². The molecule has 2 aliphatic heterocycles. The first-order valence-electron chi connectivity index (χ1n) is 10.8. The smallest absolute Gasteiger partial charge is 0.341 e. The highest BCUT2D eigenvalue weighted by atomic mass is 16.5. The number of nitrogens with zero attached hydrogens (tertiary/aromatic N) is 2. The Bertz CT molecular complexity index is 1140. The second-order valence-corrected chi connectivity index (χ2v) is 8.78. The zero-order valence-electron chi connectivity index (χ0n) is 18.8. The summed E-state index contributed by atoms with van der Waals surface area (Å²) in [5, 5.41) is 9.45. The molecule has 0 radical (unpaired) electrons. The van der Waals surface area contributed by atoms with Gasteiger partial charge in [0, 0.05) is 44.1 Å². The lowest BCUT2D eigenvalue weighted by molar-refractivity contribution is 0.0600. The van der Waals surface area contributed by atoms with Crippen molar-refractivity contribution in [3.63, 3.8) is 0 Å². The molecule has 2 aromatic rings. The number of anilines is 1. The molecule has 2 aliphatic rings. The Morgan fingerprint density at radius 2 is 1.91 bits per heavy atom. The Morgan fingerprint density at radius 3 is 2.50 bits per heavy atom. The Hall–Kier alpha value is -3.13. The number of esters is 1. The van der Waals surface area contributed by atoms with Gasteiger partial charge in [-0.3, -0.25) is 4.79 Å². The SMILES string of the molecule is COC(=O)c1cc2c(cc1N1CC[C@H](OC)C1)CC(C(C)C)n1cc(C(=O)O)c(=O)cc1-2. The lowest BCUT2D eigenvalue weighted by Crippen LogP contribution is -2.29. The highest BCUT2D eigenvalue weighted by Crippen LogP contribution is 2.41. The molecule has 0 bridgehead atoms. The molecule has 0 spiro atoms. The van der Waals surface area contributed by atoms with Crippen LogP contribution in [-0.4, -0.2) is 55.0 Å². The van der Waals surface area contributed by atoms with E-state index in [0.717, 1.165) is 29.8 Å². The molecule has 32 heavy (non-hydrogen) atoms. The number of carboxylic acids is 1. The van der Waals surface area contributed by atoms with Gasteiger partial charge >= 0.3 is 11.9 Å². The maximum atomic E-state index is 12.7. The molecule has 2 atom stereocenters. The number of hydrogen-bond acceptors (Lipinski definition) is 6. The highest BCUT2D eigenvalue weighted by Gasteiger charge is 2.32. The average Bonchev–Trinajstić information content (AvgIpc) is 3.25. The third kappa shape index (κ3) is 3.68. The number of hydrogen-bond donors (Lipinski definition) is 1. The van der Waals surface area contributed by atoms with Crippen LogP contribution in [0.4, 0.5) is 5.69 Å². The van der Waals surface area contributed by atoms with E-state index in [9.17, 15) is 19.5 Å². The van der Waals surface area contributed by atoms with Gasteiger partial charge in [-0.15, -0.1) is 0 Å². The normalized spacial score (nSPS) is 19.6. The number of rotatable bonds is 5. The monoisotopic (exact) mass is 440 g/mol. The summed E-state index contributed by atoms with van der Waals surface area (Å²) in [6.07, 6.45) is 3.08. The molecule has 1 fully saturated rings. The molecule has 1 aromatic heterocycles. The van der Waals surface area contributed by atoms with Crippen molar-refractivity contribution in [3.8, 4) is 11.3 Å². The lowest BCUT2D eigenvalue weighted by Gasteiger charge is -2.34. The fourth-order valence-electron chi connectivity index (χ4n) is 4.79. The first-order valence-corrected chi connectivity index (χ1v) is 10.8. The molecule has 8 nitrogen and oxygen atoms in total. The molecule has 8 heteroatoms. The van der Waals surface area contributed by atoms with Crippen LogP contribution in [0.5, 0.6) is 0 Å². The number of pyridine rings is 1. The maximum absolute atomic E-state index is 12.7. The third-order valence-corrected chi connectivity index (χ3v) is 6.59. The number of carbonyl (C=O) groups excluding carboxylic acids is 1. The van der Waals surface area contributed by atoms with E-state index in [4.69, 9.17) is 9.47 Å². The number of ether oxygens (including phenoxy) is 2. The van der Waals surface area contributed by atoms with Crippen LogP contribution in [0.3, 0.4) is 0 Å². The van der Waals surface area contributed by atoms with Crippen LogP contribution in [0, 0.1) is 5.92 Å². The number of benzene rings is 1. The minimum atomic E-state index is -1.24. The zero-order chi connectivity index (χ0) is 23.2. The summed E-state index contributed by atoms with van der Waals surface area (Å²) in [7, 11) is 3.04. The van der Waals surface area contributed by atoms with Gasteiger partial charge in [-0.2, -0.15) is 0 Å². The molecule has 1 unspecified atom stereocenters. The summed E-state index contributed by atoms with van der Waals surface area (Å²) in [5.41, 5.74) is 2.81. The molecule has 170 valence electrons. The van der Waals surface area contributed by atoms with Gasteiger partial charge in [0.05, 0.1) is 30.2 Å². The first kappa shape index (κ1) is 22.1. The van der Waals surface area contributed by atoms with Gasteiger partial charge in [0.15, 0.2) is 5.43 Å². The molecular weight excluding hydrogens is 412 g/mol. The minimum Gasteiger partial charge on any atom is -0.477 e. The summed E-state index contributed by atoms with van der Waals surface area (Å²) in [4.78, 5) is 38.9. The molecule has 1 saturated heterocycles. The minimum absolute atomic E-state index is 0.0154. The van der Waals surface area contributed by atoms with Crippen molar-refractivity contribution in [3.05, 3.63) is 51.3 Å². The Kier molecular flexibility index (Phi) is 5.81. The number of methoxy groups -OCH3 is 2. The Balaban J connectivity index is 1.92. The van der Waals surface area contributed by atoms with Gasteiger partial charge < -0.3 is 24.0 Å². The van der Waals surface area contributed by atoms with E-state index >= 15 is 0 Å². The van der Waals surface area contributed by atoms with Crippen molar-refractivity contribution in [1.29, 1.82) is 0 Å². The summed E-state index contributed by atoms with van der Waals surface area (Å²) in [6, 6.07) is 5.15. The van der Waals surface area contributed by atoms with Crippen molar-refractivity contribution in [2.45, 2.75) is 38.8 Å². The Morgan fingerprint density at radius 1 is 1.16 bits per heavy atom. The summed E-state index contributed by atoms with van der Waals surface area (Å²) in [6.45, 7) is 5.61. The van der Waals surface area contributed by atoms with Crippen LogP contribution in [0.15, 0.2) is 29.2 Å². The van der Waals surface area contributed by atoms with Crippen LogP contribution >= 0.6 is 0 Å². The van der Waals surface area contributed by atoms with E-state index in [-0.39, 0.29) is 23.6 Å². The standard InChI is InChI=1S/C24H28N2O6/c1-13(2)19-7-14-8-20(25-6-5-15(11-25)31-3)17(24(30)32-4)9-16(14)21-10-22(27)18(23(28)29)12-26(19)21/h8-10,12-13,15,19H,5-7,11H2,1-4H3,(H,28,29)/t15-,19?/m0/s1. The van der Waals surface area contributed by atoms with Gasteiger partial charge in [0.1, 0.15) is 5.56 Å². The molecule has 0 saturated carbocycles. The molecule has 4 rings (SSSR count). The van der Waals surface area contributed by atoms with Gasteiger partial charge in [-0.1, -0.05) is 13.8 Å². The largest absolute Gasteiger partial charge is 0.477 e. The van der Waals surface area contributed by atoms with Crippen molar-refractivity contribution >= 4 is 17.6 Å². The quantitative estimate of drug-likeness (QED) is 0.714. The third-order valence-electron chi connectivity index (χ3n) is 6.59. The topological polar surface area (TPSA) is 98.1 Å². The van der Waals surface area contributed by atoms with Crippen LogP contribution in [-0.2, 0) is 15.9 Å². The van der Waals surface area contributed by atoms with Crippen LogP contribution in [0.1, 0.15) is 52.6 Å². The second kappa shape index (κ2) is 8.43. The average molecular weight is 440 g/mol. The van der Waals surface area contributed by atoms with Crippen molar-refractivity contribution < 1.29 is 24.2 Å². The maximum Gasteiger partial charge on any atom is 0.341 e. The number of carboxylic acid groups (broad SMARTS) is 1. The van der Waals surface area contributed by atoms with Gasteiger partial charge in [-0.25, -0.2) is 9.59 Å². The number of carbonyl (C=O) groups is 2. The molecule has 0 aliphatic carbocycles. The summed E-state index contributed by atoms with van der Waals surface area (Å²) in [5.74, 6) is -1.49. The van der Waals surface area contributed by atoms with Gasteiger partial charge in [-0.05, 0) is 36.5 Å². The van der Waals surface area contributed by atoms with Crippen molar-refractivity contribution in [2.75, 3.05) is 32.2 Å². The van der Waals surface area contributed by atoms with Gasteiger partial charge in [0.2, 0.25) is 0 Å². The fourth-order valence-corrected chi connectivity index (χ4v) is 4.79. The highest BCUT2D eigenvalue weighted by molar-refractivity contribution is 5.98. The van der Waals surface area contributed by atoms with Crippen LogP contribution in [0.2, 0.25) is 0 Å². The number of aromatic nitrogens is 1. The molecule has 1 N–H and O–H groups in total. The summed E-state index contributed by atoms with van der Waals surface area (Å²) >= 11 is 0. The van der Waals surface area contributed by atoms with Crippen molar-refractivity contribution in [1.82, 2.24) is 4.57 Å². The summed E-state index contributed by atoms with van der Waals surface area (Å²) < 4.78 is 12.4. The van der Waals surface area contributed by atoms with E-state index in [2.05, 4.69) is 18.7 Å². The van der Waals surface area contributed by atoms with E-state index in [1.54, 1.807) is 13.2 Å². The zero-order valence-corrected chi connectivity index (χ0v) is 18.8. The number of fused-ring (bicyclic) bond motifs is 3. The molecule has 0 amide bonds. The van der Waals surface area contributed by atoms with E-state index in [1.165, 1.54) is 19.4 Å². The van der Waals surface area contributed by atoms with E-state index in [1.807, 2.05) is 10.6 Å². The molecule has 3 heterocycles. The van der Waals surface area contributed by atoms with Crippen LogP contribution < -0.4 is 10.3 Å². The molecular formula is C24H28N2O6. The van der Waals surface area contributed by atoms with Crippen molar-refractivity contribution in [2.24, 2.45) is 5.92 Å². The molecule has 1 aromatic carbocycles. The van der Waals surface area contributed by atoms with E-state index in [0.29, 0.717) is 24.2 Å². The predicted molar refractivity (Wildman–Crippen MR) is 120 cm³/mol. The lowest BCUT2D eigenvalue weighted by atomic mass is 9.86. The van der Waals surface area contributed by atoms with Crippen LogP contribution in [0.25, 0.3) is 11.3 Å². The fraction of sp³-hybridized carbons (Fsp3) is 0.458. The first-order chi connectivity index (χ1) is 15.2.